The Kier molecular flexibility index (Phi) is 5.80. The number of nitrogens with zero attached hydrogens (tertiary/aromatic N) is 4. The normalized spacial score (nSPS) is 18.0. The lowest BCUT2D eigenvalue weighted by molar-refractivity contribution is -0.122. The molecule has 1 saturated heterocycles. The first-order valence-corrected chi connectivity index (χ1v) is 11.2. The number of amides is 2. The molecule has 0 bridgehead atoms. The predicted octanol–water partition coefficient (Wildman–Crippen LogP) is 4.08. The van der Waals surface area contributed by atoms with Crippen molar-refractivity contribution in [3.05, 3.63) is 59.7 Å². The SMILES string of the molecule is O=C(Nc1cc(-c2nnc3n2CCCCC3)ccc1F)C1CC(=O)N(c2ccc(F)cc2F)C1. The molecule has 7 nitrogen and oxygen atoms in total. The van der Waals surface area contributed by atoms with E-state index in [0.717, 1.165) is 55.1 Å². The van der Waals surface area contributed by atoms with E-state index in [1.165, 1.54) is 12.1 Å². The number of benzene rings is 2. The second-order valence-electron chi connectivity index (χ2n) is 8.59. The topological polar surface area (TPSA) is 80.1 Å². The second-order valence-corrected chi connectivity index (χ2v) is 8.59. The second kappa shape index (κ2) is 8.92. The molecular formula is C24H22F3N5O2. The van der Waals surface area contributed by atoms with Crippen molar-refractivity contribution in [1.82, 2.24) is 14.8 Å². The summed E-state index contributed by atoms with van der Waals surface area (Å²) in [6.45, 7) is 0.683. The number of rotatable bonds is 4. The summed E-state index contributed by atoms with van der Waals surface area (Å²) in [5, 5.41) is 11.1. The van der Waals surface area contributed by atoms with Crippen molar-refractivity contribution in [2.75, 3.05) is 16.8 Å². The fraction of sp³-hybridized carbons (Fsp3) is 0.333. The van der Waals surface area contributed by atoms with Gasteiger partial charge in [-0.3, -0.25) is 9.59 Å². The Morgan fingerprint density at radius 1 is 1.00 bits per heavy atom. The lowest BCUT2D eigenvalue weighted by atomic mass is 10.1. The summed E-state index contributed by atoms with van der Waals surface area (Å²) in [6, 6.07) is 7.23. The van der Waals surface area contributed by atoms with Crippen LogP contribution in [-0.2, 0) is 22.6 Å². The lowest BCUT2D eigenvalue weighted by Crippen LogP contribution is -2.29. The number of aromatic nitrogens is 3. The first kappa shape index (κ1) is 22.1. The summed E-state index contributed by atoms with van der Waals surface area (Å²) < 4.78 is 43.9. The quantitative estimate of drug-likeness (QED) is 0.625. The van der Waals surface area contributed by atoms with Crippen LogP contribution in [0.4, 0.5) is 24.5 Å². The molecule has 0 radical (unpaired) electrons. The van der Waals surface area contributed by atoms with Crippen LogP contribution in [0, 0.1) is 23.4 Å². The largest absolute Gasteiger partial charge is 0.323 e. The average molecular weight is 469 g/mol. The molecule has 2 aliphatic rings. The zero-order valence-corrected chi connectivity index (χ0v) is 18.2. The monoisotopic (exact) mass is 469 g/mol. The third-order valence-corrected chi connectivity index (χ3v) is 6.29. The van der Waals surface area contributed by atoms with E-state index in [1.54, 1.807) is 6.07 Å². The van der Waals surface area contributed by atoms with Crippen LogP contribution in [0.15, 0.2) is 36.4 Å². The predicted molar refractivity (Wildman–Crippen MR) is 118 cm³/mol. The van der Waals surface area contributed by atoms with Gasteiger partial charge >= 0.3 is 0 Å². The molecule has 10 heteroatoms. The van der Waals surface area contributed by atoms with Gasteiger partial charge in [-0.1, -0.05) is 6.42 Å². The molecule has 2 aromatic carbocycles. The number of hydrogen-bond acceptors (Lipinski definition) is 4. The van der Waals surface area contributed by atoms with Crippen molar-refractivity contribution in [2.45, 2.75) is 38.6 Å². The highest BCUT2D eigenvalue weighted by molar-refractivity contribution is 6.03. The van der Waals surface area contributed by atoms with Gasteiger partial charge in [-0.25, -0.2) is 13.2 Å². The van der Waals surface area contributed by atoms with Gasteiger partial charge in [0.15, 0.2) is 5.82 Å². The summed E-state index contributed by atoms with van der Waals surface area (Å²) in [6.07, 6.45) is 3.82. The number of nitrogens with one attached hydrogen (secondary N) is 1. The van der Waals surface area contributed by atoms with Crippen LogP contribution in [0.25, 0.3) is 11.4 Å². The molecule has 176 valence electrons. The lowest BCUT2D eigenvalue weighted by Gasteiger charge is -2.17. The van der Waals surface area contributed by atoms with E-state index in [2.05, 4.69) is 15.5 Å². The molecule has 1 N–H and O–H groups in total. The van der Waals surface area contributed by atoms with Crippen molar-refractivity contribution in [3.8, 4) is 11.4 Å². The van der Waals surface area contributed by atoms with Gasteiger partial charge in [0.05, 0.1) is 17.3 Å². The Morgan fingerprint density at radius 3 is 2.68 bits per heavy atom. The number of carbonyl (C=O) groups is 2. The minimum absolute atomic E-state index is 0.0349. The van der Waals surface area contributed by atoms with Gasteiger partial charge in [0.2, 0.25) is 11.8 Å². The fourth-order valence-electron chi connectivity index (χ4n) is 4.51. The number of aryl methyl sites for hydroxylation is 1. The van der Waals surface area contributed by atoms with E-state index in [9.17, 15) is 22.8 Å². The Bertz CT molecular complexity index is 1280. The Hall–Kier alpha value is -3.69. The first-order valence-electron chi connectivity index (χ1n) is 11.2. The first-order chi connectivity index (χ1) is 16.4. The van der Waals surface area contributed by atoms with Crippen LogP contribution in [0.5, 0.6) is 0 Å². The summed E-state index contributed by atoms with van der Waals surface area (Å²) >= 11 is 0. The zero-order valence-electron chi connectivity index (χ0n) is 18.2. The number of hydrogen-bond donors (Lipinski definition) is 1. The summed E-state index contributed by atoms with van der Waals surface area (Å²) in [5.41, 5.74) is 0.490. The Morgan fingerprint density at radius 2 is 1.85 bits per heavy atom. The van der Waals surface area contributed by atoms with Crippen molar-refractivity contribution in [3.63, 3.8) is 0 Å². The molecule has 2 amide bonds. The van der Waals surface area contributed by atoms with Crippen molar-refractivity contribution in [1.29, 1.82) is 0 Å². The molecule has 2 aliphatic heterocycles. The van der Waals surface area contributed by atoms with E-state index < -0.39 is 35.2 Å². The molecule has 0 saturated carbocycles. The molecule has 3 heterocycles. The highest BCUT2D eigenvalue weighted by Crippen LogP contribution is 2.30. The van der Waals surface area contributed by atoms with Crippen LogP contribution < -0.4 is 10.2 Å². The minimum Gasteiger partial charge on any atom is -0.323 e. The van der Waals surface area contributed by atoms with Crippen molar-refractivity contribution in [2.24, 2.45) is 5.92 Å². The molecular weight excluding hydrogens is 447 g/mol. The van der Waals surface area contributed by atoms with Crippen molar-refractivity contribution < 1.29 is 22.8 Å². The molecule has 3 aromatic rings. The Balaban J connectivity index is 1.34. The molecule has 34 heavy (non-hydrogen) atoms. The zero-order chi connectivity index (χ0) is 23.8. The van der Waals surface area contributed by atoms with E-state index in [4.69, 9.17) is 0 Å². The third kappa shape index (κ3) is 4.15. The van der Waals surface area contributed by atoms with Gasteiger partial charge in [-0.15, -0.1) is 10.2 Å². The van der Waals surface area contributed by atoms with Crippen LogP contribution in [-0.4, -0.2) is 33.1 Å². The number of halogens is 3. The summed E-state index contributed by atoms with van der Waals surface area (Å²) in [5.74, 6) is -2.62. The van der Waals surface area contributed by atoms with Crippen LogP contribution in [0.3, 0.4) is 0 Å². The van der Waals surface area contributed by atoms with E-state index in [1.807, 2.05) is 4.57 Å². The average Bonchev–Trinajstić information content (AvgIpc) is 3.31. The molecule has 0 aliphatic carbocycles. The number of carbonyl (C=O) groups excluding carboxylic acids is 2. The number of fused-ring (bicyclic) bond motifs is 1. The van der Waals surface area contributed by atoms with Gasteiger partial charge in [-0.05, 0) is 43.2 Å². The smallest absolute Gasteiger partial charge is 0.229 e. The standard InChI is InChI=1S/C24H22F3N5O2/c25-16-6-8-20(18(27)12-16)32-13-15(11-22(32)33)24(34)28-19-10-14(5-7-17(19)26)23-30-29-21-4-2-1-3-9-31(21)23/h5-8,10,12,15H,1-4,9,11,13H2,(H,28,34). The highest BCUT2D eigenvalue weighted by Gasteiger charge is 2.36. The molecule has 1 atom stereocenters. The van der Waals surface area contributed by atoms with E-state index >= 15 is 0 Å². The molecule has 0 spiro atoms. The van der Waals surface area contributed by atoms with Gasteiger partial charge in [0.25, 0.3) is 0 Å². The highest BCUT2D eigenvalue weighted by atomic mass is 19.1. The molecule has 1 aromatic heterocycles. The van der Waals surface area contributed by atoms with Gasteiger partial charge in [0, 0.05) is 37.6 Å². The maximum atomic E-state index is 14.6. The van der Waals surface area contributed by atoms with Crippen molar-refractivity contribution >= 4 is 23.2 Å². The van der Waals surface area contributed by atoms with Gasteiger partial charge in [0.1, 0.15) is 23.3 Å². The summed E-state index contributed by atoms with van der Waals surface area (Å²) in [7, 11) is 0. The van der Waals surface area contributed by atoms with Crippen LogP contribution in [0.1, 0.15) is 31.5 Å². The maximum absolute atomic E-state index is 14.6. The molecule has 1 unspecified atom stereocenters. The van der Waals surface area contributed by atoms with Crippen LogP contribution >= 0.6 is 0 Å². The fourth-order valence-corrected chi connectivity index (χ4v) is 4.51. The molecule has 1 fully saturated rings. The molecule has 5 rings (SSSR count). The van der Waals surface area contributed by atoms with E-state index in [-0.39, 0.29) is 24.3 Å². The minimum atomic E-state index is -0.888. The van der Waals surface area contributed by atoms with Crippen LogP contribution in [0.2, 0.25) is 0 Å². The number of anilines is 2. The van der Waals surface area contributed by atoms with Gasteiger partial charge < -0.3 is 14.8 Å². The van der Waals surface area contributed by atoms with E-state index in [0.29, 0.717) is 17.5 Å². The maximum Gasteiger partial charge on any atom is 0.229 e. The third-order valence-electron chi connectivity index (χ3n) is 6.29. The summed E-state index contributed by atoms with van der Waals surface area (Å²) in [4.78, 5) is 26.4. The van der Waals surface area contributed by atoms with Gasteiger partial charge in [-0.2, -0.15) is 0 Å². The Labute approximate surface area is 193 Å².